The molecular formula is C23H26N4O2. The van der Waals surface area contributed by atoms with Crippen molar-refractivity contribution in [2.75, 3.05) is 11.9 Å². The van der Waals surface area contributed by atoms with Gasteiger partial charge in [-0.25, -0.2) is 0 Å². The lowest BCUT2D eigenvalue weighted by Gasteiger charge is -2.10. The Kier molecular flexibility index (Phi) is 7.55. The van der Waals surface area contributed by atoms with Crippen molar-refractivity contribution in [2.24, 2.45) is 0 Å². The summed E-state index contributed by atoms with van der Waals surface area (Å²) in [5, 5.41) is 14.9. The second-order valence-corrected chi connectivity index (χ2v) is 6.65. The Morgan fingerprint density at radius 1 is 1.28 bits per heavy atom. The predicted octanol–water partition coefficient (Wildman–Crippen LogP) is 3.98. The summed E-state index contributed by atoms with van der Waals surface area (Å²) >= 11 is 0. The molecule has 6 nitrogen and oxygen atoms in total. The number of anilines is 1. The van der Waals surface area contributed by atoms with Crippen LogP contribution in [0.1, 0.15) is 40.7 Å². The van der Waals surface area contributed by atoms with Gasteiger partial charge in [-0.2, -0.15) is 5.26 Å². The zero-order chi connectivity index (χ0) is 21.4. The zero-order valence-electron chi connectivity index (χ0n) is 17.1. The molecule has 150 valence electrons. The van der Waals surface area contributed by atoms with Gasteiger partial charge in [0.05, 0.1) is 11.3 Å². The lowest BCUT2D eigenvalue weighted by Crippen LogP contribution is -2.25. The molecular weight excluding hydrogens is 364 g/mol. The van der Waals surface area contributed by atoms with Crippen LogP contribution in [0.5, 0.6) is 0 Å². The largest absolute Gasteiger partial charge is 0.349 e. The van der Waals surface area contributed by atoms with Gasteiger partial charge in [0.2, 0.25) is 0 Å². The van der Waals surface area contributed by atoms with E-state index in [1.807, 2.05) is 26.0 Å². The number of rotatable bonds is 8. The van der Waals surface area contributed by atoms with Gasteiger partial charge >= 0.3 is 0 Å². The molecule has 2 aromatic rings. The molecule has 0 unspecified atom stereocenters. The molecule has 1 aromatic carbocycles. The van der Waals surface area contributed by atoms with Gasteiger partial charge in [-0.1, -0.05) is 25.1 Å². The van der Waals surface area contributed by atoms with E-state index in [0.29, 0.717) is 17.8 Å². The molecule has 0 radical (unpaired) electrons. The number of nitrogens with one attached hydrogen (secondary N) is 2. The second kappa shape index (κ2) is 10.1. The second-order valence-electron chi connectivity index (χ2n) is 6.65. The molecule has 2 N–H and O–H groups in total. The van der Waals surface area contributed by atoms with Gasteiger partial charge in [0.1, 0.15) is 11.6 Å². The minimum absolute atomic E-state index is 0.0250. The quantitative estimate of drug-likeness (QED) is 0.406. The molecule has 0 spiro atoms. The maximum Gasteiger partial charge on any atom is 0.266 e. The third-order valence-electron chi connectivity index (χ3n) is 4.55. The summed E-state index contributed by atoms with van der Waals surface area (Å²) in [7, 11) is 0. The third kappa shape index (κ3) is 5.23. The Morgan fingerprint density at radius 3 is 2.66 bits per heavy atom. The number of nitrogens with zero attached hydrogens (tertiary/aromatic N) is 2. The monoisotopic (exact) mass is 390 g/mol. The molecule has 2 rings (SSSR count). The maximum atomic E-state index is 12.7. The summed E-state index contributed by atoms with van der Waals surface area (Å²) in [6, 6.07) is 10.6. The topological polar surface area (TPSA) is 86.9 Å². The van der Waals surface area contributed by atoms with Gasteiger partial charge in [-0.3, -0.25) is 9.59 Å². The van der Waals surface area contributed by atoms with Gasteiger partial charge in [-0.05, 0) is 50.1 Å². The van der Waals surface area contributed by atoms with Crippen molar-refractivity contribution in [1.82, 2.24) is 9.88 Å². The van der Waals surface area contributed by atoms with Crippen LogP contribution in [0, 0.1) is 25.2 Å². The molecule has 29 heavy (non-hydrogen) atoms. The number of aromatic nitrogens is 1. The van der Waals surface area contributed by atoms with Gasteiger partial charge in [0.25, 0.3) is 11.8 Å². The minimum atomic E-state index is -0.559. The first-order chi connectivity index (χ1) is 13.9. The normalized spacial score (nSPS) is 10.9. The summed E-state index contributed by atoms with van der Waals surface area (Å²) in [4.78, 5) is 25.0. The Hall–Kier alpha value is -3.59. The Bertz CT molecular complexity index is 993. The molecule has 0 bridgehead atoms. The lowest BCUT2D eigenvalue weighted by atomic mass is 10.1. The molecule has 0 atom stereocenters. The number of benzene rings is 1. The molecule has 0 aliphatic carbocycles. The van der Waals surface area contributed by atoms with E-state index in [1.165, 1.54) is 0 Å². The average Bonchev–Trinajstić information content (AvgIpc) is 2.98. The maximum absolute atomic E-state index is 12.7. The number of para-hydroxylation sites is 1. The molecule has 6 heteroatoms. The Morgan fingerprint density at radius 2 is 2.00 bits per heavy atom. The number of hydrogen-bond donors (Lipinski definition) is 2. The fourth-order valence-electron chi connectivity index (χ4n) is 3.09. The zero-order valence-corrected chi connectivity index (χ0v) is 17.1. The van der Waals surface area contributed by atoms with Crippen molar-refractivity contribution >= 4 is 23.6 Å². The van der Waals surface area contributed by atoms with Gasteiger partial charge in [0, 0.05) is 24.5 Å². The highest BCUT2D eigenvalue weighted by Crippen LogP contribution is 2.20. The average molecular weight is 390 g/mol. The number of carbonyl (C=O) groups is 2. The smallest absolute Gasteiger partial charge is 0.266 e. The number of hydrogen-bond acceptors (Lipinski definition) is 3. The molecule has 0 aliphatic rings. The van der Waals surface area contributed by atoms with Crippen LogP contribution in [0.3, 0.4) is 0 Å². The number of amides is 2. The Balaban J connectivity index is 2.29. The van der Waals surface area contributed by atoms with Crippen LogP contribution in [-0.4, -0.2) is 22.9 Å². The fourth-order valence-corrected chi connectivity index (χ4v) is 3.09. The van der Waals surface area contributed by atoms with Crippen molar-refractivity contribution in [3.05, 3.63) is 71.1 Å². The third-order valence-corrected chi connectivity index (χ3v) is 4.55. The van der Waals surface area contributed by atoms with Gasteiger partial charge in [-0.15, -0.1) is 6.58 Å². The van der Waals surface area contributed by atoms with Crippen LogP contribution in [-0.2, 0) is 11.3 Å². The fraction of sp³-hybridized carbons (Fsp3) is 0.261. The lowest BCUT2D eigenvalue weighted by molar-refractivity contribution is -0.112. The van der Waals surface area contributed by atoms with E-state index in [0.717, 1.165) is 29.9 Å². The molecule has 1 aromatic heterocycles. The van der Waals surface area contributed by atoms with Crippen LogP contribution >= 0.6 is 0 Å². The highest BCUT2D eigenvalue weighted by Gasteiger charge is 2.16. The first-order valence-corrected chi connectivity index (χ1v) is 9.50. The molecule has 2 amide bonds. The van der Waals surface area contributed by atoms with E-state index in [2.05, 4.69) is 28.7 Å². The molecule has 0 saturated carbocycles. The first kappa shape index (κ1) is 21.7. The molecule has 0 aliphatic heterocycles. The van der Waals surface area contributed by atoms with Crippen LogP contribution in [0.15, 0.2) is 48.6 Å². The number of carbonyl (C=O) groups excluding carboxylic acids is 2. The van der Waals surface area contributed by atoms with Crippen LogP contribution in [0.25, 0.3) is 6.08 Å². The van der Waals surface area contributed by atoms with Crippen LogP contribution < -0.4 is 10.6 Å². The standard InChI is InChI=1S/C23H26N4O2/c1-5-11-25-23(29)20-9-7-8-10-21(20)26-22(28)19(15-24)14-18-13-16(3)27(12-6-2)17(18)4/h5,7-10,13-14H,1,6,11-12H2,2-4H3,(H,25,29)(H,26,28)/b19-14+. The van der Waals surface area contributed by atoms with E-state index in [1.54, 1.807) is 36.4 Å². The van der Waals surface area contributed by atoms with E-state index >= 15 is 0 Å². The highest BCUT2D eigenvalue weighted by atomic mass is 16.2. The Labute approximate surface area is 171 Å². The van der Waals surface area contributed by atoms with Gasteiger partial charge in [0.15, 0.2) is 0 Å². The van der Waals surface area contributed by atoms with Crippen LogP contribution in [0.4, 0.5) is 5.69 Å². The van der Waals surface area contributed by atoms with E-state index in [-0.39, 0.29) is 11.5 Å². The SMILES string of the molecule is C=CCNC(=O)c1ccccc1NC(=O)/C(C#N)=C/c1cc(C)n(CCC)c1C. The summed E-state index contributed by atoms with van der Waals surface area (Å²) in [6.07, 6.45) is 4.16. The summed E-state index contributed by atoms with van der Waals surface area (Å²) in [5.74, 6) is -0.886. The summed E-state index contributed by atoms with van der Waals surface area (Å²) < 4.78 is 2.16. The van der Waals surface area contributed by atoms with Crippen molar-refractivity contribution in [3.8, 4) is 6.07 Å². The van der Waals surface area contributed by atoms with Crippen LogP contribution in [0.2, 0.25) is 0 Å². The van der Waals surface area contributed by atoms with E-state index in [4.69, 9.17) is 0 Å². The minimum Gasteiger partial charge on any atom is -0.349 e. The van der Waals surface area contributed by atoms with Crippen molar-refractivity contribution in [1.29, 1.82) is 5.26 Å². The molecule has 1 heterocycles. The number of aryl methyl sites for hydroxylation is 1. The van der Waals surface area contributed by atoms with Crippen molar-refractivity contribution in [2.45, 2.75) is 33.7 Å². The molecule has 0 fully saturated rings. The van der Waals surface area contributed by atoms with E-state index < -0.39 is 5.91 Å². The van der Waals surface area contributed by atoms with Crippen molar-refractivity contribution in [3.63, 3.8) is 0 Å². The van der Waals surface area contributed by atoms with Crippen molar-refractivity contribution < 1.29 is 9.59 Å². The first-order valence-electron chi connectivity index (χ1n) is 9.50. The van der Waals surface area contributed by atoms with Gasteiger partial charge < -0.3 is 15.2 Å². The molecule has 0 saturated heterocycles. The number of nitriles is 1. The summed E-state index contributed by atoms with van der Waals surface area (Å²) in [6.45, 7) is 10.8. The highest BCUT2D eigenvalue weighted by molar-refractivity contribution is 6.12. The predicted molar refractivity (Wildman–Crippen MR) is 115 cm³/mol. The van der Waals surface area contributed by atoms with E-state index in [9.17, 15) is 14.9 Å². The summed E-state index contributed by atoms with van der Waals surface area (Å²) in [5.41, 5.74) is 3.56.